The van der Waals surface area contributed by atoms with E-state index < -0.39 is 0 Å². The Balaban J connectivity index is 1.46. The van der Waals surface area contributed by atoms with Crippen molar-refractivity contribution in [1.82, 2.24) is 4.98 Å². The quantitative estimate of drug-likeness (QED) is 0.812. The van der Waals surface area contributed by atoms with Crippen molar-refractivity contribution >= 4 is 16.9 Å². The van der Waals surface area contributed by atoms with E-state index in [9.17, 15) is 9.18 Å². The molecule has 4 rings (SSSR count). The van der Waals surface area contributed by atoms with Crippen molar-refractivity contribution in [3.63, 3.8) is 0 Å². The van der Waals surface area contributed by atoms with Gasteiger partial charge in [0.2, 0.25) is 0 Å². The maximum absolute atomic E-state index is 13.5. The van der Waals surface area contributed by atoms with Gasteiger partial charge in [-0.15, -0.1) is 0 Å². The van der Waals surface area contributed by atoms with E-state index in [4.69, 9.17) is 9.47 Å². The molecule has 4 nitrogen and oxygen atoms in total. The van der Waals surface area contributed by atoms with Crippen molar-refractivity contribution in [3.8, 4) is 5.75 Å². The fourth-order valence-electron chi connectivity index (χ4n) is 3.85. The molecule has 0 unspecified atom stereocenters. The Morgan fingerprint density at radius 3 is 2.83 bits per heavy atom. The third kappa shape index (κ3) is 2.54. The SMILES string of the molecule is CCOC(=O)[C@H]1[C@@H]2C[C@@H](Oc3ccnc4ccc(F)cc34)C[C@@H]21. The number of fused-ring (bicyclic) bond motifs is 2. The number of carbonyl (C=O) groups excluding carboxylic acids is 1. The van der Waals surface area contributed by atoms with Crippen molar-refractivity contribution in [2.45, 2.75) is 25.9 Å². The molecule has 1 aromatic carbocycles. The molecule has 23 heavy (non-hydrogen) atoms. The molecule has 0 radical (unpaired) electrons. The van der Waals surface area contributed by atoms with E-state index in [1.165, 1.54) is 12.1 Å². The van der Waals surface area contributed by atoms with E-state index in [1.54, 1.807) is 18.3 Å². The van der Waals surface area contributed by atoms with Crippen LogP contribution in [0.25, 0.3) is 10.9 Å². The normalized spacial score (nSPS) is 28.4. The van der Waals surface area contributed by atoms with Gasteiger partial charge in [0, 0.05) is 11.6 Å². The smallest absolute Gasteiger partial charge is 0.309 e. The van der Waals surface area contributed by atoms with Gasteiger partial charge < -0.3 is 9.47 Å². The fourth-order valence-corrected chi connectivity index (χ4v) is 3.85. The summed E-state index contributed by atoms with van der Waals surface area (Å²) < 4.78 is 24.6. The molecule has 0 bridgehead atoms. The summed E-state index contributed by atoms with van der Waals surface area (Å²) >= 11 is 0. The molecule has 0 saturated heterocycles. The maximum Gasteiger partial charge on any atom is 0.309 e. The van der Waals surface area contributed by atoms with E-state index in [0.29, 0.717) is 29.6 Å². The highest BCUT2D eigenvalue weighted by Crippen LogP contribution is 2.58. The molecule has 2 aliphatic rings. The van der Waals surface area contributed by atoms with Crippen molar-refractivity contribution in [2.75, 3.05) is 6.61 Å². The van der Waals surface area contributed by atoms with Crippen LogP contribution in [-0.4, -0.2) is 23.7 Å². The predicted molar refractivity (Wildman–Crippen MR) is 82.5 cm³/mol. The Hall–Kier alpha value is -2.17. The third-order valence-corrected chi connectivity index (χ3v) is 4.92. The van der Waals surface area contributed by atoms with Gasteiger partial charge in [-0.3, -0.25) is 9.78 Å². The maximum atomic E-state index is 13.5. The molecule has 0 amide bonds. The van der Waals surface area contributed by atoms with Gasteiger partial charge in [0.1, 0.15) is 11.6 Å². The molecule has 2 aliphatic carbocycles. The number of pyridine rings is 1. The molecule has 2 aromatic rings. The average molecular weight is 315 g/mol. The number of halogens is 1. The van der Waals surface area contributed by atoms with E-state index in [2.05, 4.69) is 4.98 Å². The molecule has 5 heteroatoms. The number of hydrogen-bond donors (Lipinski definition) is 0. The molecule has 0 N–H and O–H groups in total. The average Bonchev–Trinajstić information content (AvgIpc) is 3.05. The van der Waals surface area contributed by atoms with Crippen LogP contribution in [0.2, 0.25) is 0 Å². The zero-order valence-corrected chi connectivity index (χ0v) is 12.9. The number of benzene rings is 1. The second-order valence-corrected chi connectivity index (χ2v) is 6.29. The lowest BCUT2D eigenvalue weighted by atomic mass is 10.1. The van der Waals surface area contributed by atoms with Crippen LogP contribution in [-0.2, 0) is 9.53 Å². The predicted octanol–water partition coefficient (Wildman–Crippen LogP) is 3.34. The van der Waals surface area contributed by atoms with Gasteiger partial charge in [-0.2, -0.15) is 0 Å². The van der Waals surface area contributed by atoms with Gasteiger partial charge >= 0.3 is 5.97 Å². The van der Waals surface area contributed by atoms with Gasteiger partial charge in [-0.05, 0) is 55.9 Å². The second-order valence-electron chi connectivity index (χ2n) is 6.29. The van der Waals surface area contributed by atoms with Crippen LogP contribution in [0, 0.1) is 23.6 Å². The fraction of sp³-hybridized carbons (Fsp3) is 0.444. The Labute approximate surface area is 133 Å². The summed E-state index contributed by atoms with van der Waals surface area (Å²) in [4.78, 5) is 16.0. The van der Waals surface area contributed by atoms with E-state index in [0.717, 1.165) is 18.4 Å². The van der Waals surface area contributed by atoms with Crippen LogP contribution < -0.4 is 4.74 Å². The molecular formula is C18H18FNO3. The molecular weight excluding hydrogens is 297 g/mol. The number of esters is 1. The molecule has 0 spiro atoms. The number of nitrogens with zero attached hydrogens (tertiary/aromatic N) is 1. The van der Waals surface area contributed by atoms with Gasteiger partial charge in [-0.1, -0.05) is 0 Å². The Morgan fingerprint density at radius 1 is 1.30 bits per heavy atom. The highest BCUT2D eigenvalue weighted by atomic mass is 19.1. The minimum absolute atomic E-state index is 0.0569. The minimum Gasteiger partial charge on any atom is -0.490 e. The third-order valence-electron chi connectivity index (χ3n) is 4.92. The lowest BCUT2D eigenvalue weighted by Crippen LogP contribution is -2.19. The molecule has 120 valence electrons. The van der Waals surface area contributed by atoms with Gasteiger partial charge in [0.15, 0.2) is 0 Å². The summed E-state index contributed by atoms with van der Waals surface area (Å²) in [5.41, 5.74) is 0.719. The number of carbonyl (C=O) groups is 1. The first-order valence-corrected chi connectivity index (χ1v) is 8.05. The topological polar surface area (TPSA) is 48.4 Å². The Morgan fingerprint density at radius 2 is 2.09 bits per heavy atom. The summed E-state index contributed by atoms with van der Waals surface area (Å²) in [6.07, 6.45) is 3.46. The number of ether oxygens (including phenoxy) is 2. The van der Waals surface area contributed by atoms with Crippen LogP contribution in [0.4, 0.5) is 4.39 Å². The van der Waals surface area contributed by atoms with Crippen LogP contribution >= 0.6 is 0 Å². The zero-order chi connectivity index (χ0) is 16.0. The minimum atomic E-state index is -0.299. The highest BCUT2D eigenvalue weighted by Gasteiger charge is 2.61. The number of rotatable bonds is 4. The van der Waals surface area contributed by atoms with Crippen LogP contribution in [0.5, 0.6) is 5.75 Å². The number of aromatic nitrogens is 1. The molecule has 0 aliphatic heterocycles. The van der Waals surface area contributed by atoms with Crippen LogP contribution in [0.15, 0.2) is 30.5 Å². The second kappa shape index (κ2) is 5.48. The summed E-state index contributed by atoms with van der Waals surface area (Å²) in [5, 5.41) is 0.690. The standard InChI is InChI=1S/C18H18FNO3/c1-2-22-18(21)17-12-8-11(9-13(12)17)23-16-5-6-20-15-4-3-10(19)7-14(15)16/h3-7,11-13,17H,2,8-9H2,1H3/t11-,12-,13+,17+. The number of hydrogen-bond acceptors (Lipinski definition) is 4. The van der Waals surface area contributed by atoms with Gasteiger partial charge in [-0.25, -0.2) is 4.39 Å². The van der Waals surface area contributed by atoms with Crippen molar-refractivity contribution in [3.05, 3.63) is 36.3 Å². The van der Waals surface area contributed by atoms with Crippen molar-refractivity contribution < 1.29 is 18.7 Å². The molecule has 1 aromatic heterocycles. The van der Waals surface area contributed by atoms with Gasteiger partial charge in [0.05, 0.1) is 24.1 Å². The molecule has 2 saturated carbocycles. The Kier molecular flexibility index (Phi) is 3.43. The summed E-state index contributed by atoms with van der Waals surface area (Å²) in [6, 6.07) is 6.28. The van der Waals surface area contributed by atoms with Crippen molar-refractivity contribution in [2.24, 2.45) is 17.8 Å². The lowest BCUT2D eigenvalue weighted by molar-refractivity contribution is -0.145. The van der Waals surface area contributed by atoms with E-state index in [1.807, 2.05) is 6.92 Å². The van der Waals surface area contributed by atoms with Gasteiger partial charge in [0.25, 0.3) is 0 Å². The molecule has 2 fully saturated rings. The lowest BCUT2D eigenvalue weighted by Gasteiger charge is -2.17. The Bertz CT molecular complexity index is 751. The van der Waals surface area contributed by atoms with E-state index >= 15 is 0 Å². The monoisotopic (exact) mass is 315 g/mol. The summed E-state index contributed by atoms with van der Waals surface area (Å²) in [6.45, 7) is 2.26. The van der Waals surface area contributed by atoms with Crippen LogP contribution in [0.1, 0.15) is 19.8 Å². The molecule has 1 heterocycles. The summed E-state index contributed by atoms with van der Waals surface area (Å²) in [5.74, 6) is 1.10. The summed E-state index contributed by atoms with van der Waals surface area (Å²) in [7, 11) is 0. The first-order chi connectivity index (χ1) is 11.2. The molecule has 4 atom stereocenters. The van der Waals surface area contributed by atoms with E-state index in [-0.39, 0.29) is 23.8 Å². The highest BCUT2D eigenvalue weighted by molar-refractivity contribution is 5.84. The largest absolute Gasteiger partial charge is 0.490 e. The first-order valence-electron chi connectivity index (χ1n) is 8.05. The van der Waals surface area contributed by atoms with Crippen molar-refractivity contribution in [1.29, 1.82) is 0 Å². The first kappa shape index (κ1) is 14.4. The zero-order valence-electron chi connectivity index (χ0n) is 12.9. The van der Waals surface area contributed by atoms with Crippen LogP contribution in [0.3, 0.4) is 0 Å².